The molecule has 0 saturated carbocycles. The van der Waals surface area contributed by atoms with Gasteiger partial charge in [-0.1, -0.05) is 123 Å². The zero-order chi connectivity index (χ0) is 48.4. The standard InChI is InChI=1S/C43H57BF9NO3.C6H2F3/c1-3-5-7-9-11-13-15-17-19-21-23-25-54(24-22-20-18-16-14-12-10-8-6-4-2)43-38(30-37(49)41(52)42(43)53)57-44(55-31-26-33(45)39(50)34(46)27-31)56-32-28-35(47)40(51)36(48)29-32;7-4-2-1-3-5(8)6(4)9/h26-30H,3-25H2,1-2H3;2-3H/q;-1/p+1. The number of benzene rings is 4. The van der Waals surface area contributed by atoms with Gasteiger partial charge in [-0.05, 0) is 25.7 Å². The summed E-state index contributed by atoms with van der Waals surface area (Å²) in [5.41, 5.74) is -0.415. The number of rotatable bonds is 30. The van der Waals surface area contributed by atoms with Gasteiger partial charge in [0.2, 0.25) is 17.3 Å². The normalized spacial score (nSPS) is 11.6. The average molecular weight is 950 g/mol. The summed E-state index contributed by atoms with van der Waals surface area (Å²) in [5.74, 6) is -21.3. The predicted octanol–water partition coefficient (Wildman–Crippen LogP) is 15.1. The van der Waals surface area contributed by atoms with Gasteiger partial charge in [-0.2, -0.15) is 10.5 Å². The summed E-state index contributed by atoms with van der Waals surface area (Å²) in [7, 11) is -2.32. The largest absolute Gasteiger partial charge is 0.864 e. The lowest BCUT2D eigenvalue weighted by Crippen LogP contribution is -3.07. The maximum absolute atomic E-state index is 15.9. The van der Waals surface area contributed by atoms with E-state index in [1.54, 1.807) is 0 Å². The van der Waals surface area contributed by atoms with Crippen LogP contribution < -0.4 is 18.9 Å². The number of hydrogen-bond acceptors (Lipinski definition) is 3. The van der Waals surface area contributed by atoms with Crippen LogP contribution in [0, 0.1) is 75.9 Å². The molecule has 1 N–H and O–H groups in total. The summed E-state index contributed by atoms with van der Waals surface area (Å²) >= 11 is 0. The molecule has 0 fully saturated rings. The fraction of sp³-hybridized carbons (Fsp3) is 0.510. The summed E-state index contributed by atoms with van der Waals surface area (Å²) in [6.45, 7) is 4.96. The summed E-state index contributed by atoms with van der Waals surface area (Å²) in [5, 5.41) is 0. The Labute approximate surface area is 381 Å². The minimum atomic E-state index is -2.32. The van der Waals surface area contributed by atoms with E-state index in [1.807, 2.05) is 0 Å². The van der Waals surface area contributed by atoms with E-state index >= 15 is 4.39 Å². The predicted molar refractivity (Wildman–Crippen MR) is 230 cm³/mol. The van der Waals surface area contributed by atoms with Crippen LogP contribution in [0.15, 0.2) is 42.5 Å². The SMILES string of the molecule is CCCCCCCCCCCCC[NH+](CCCCCCCCCCCC)c1c(OB(Oc2cc(F)c(F)c(F)c2)Oc2cc(F)c(F)c(F)c2)cc(F)c(F)c1F.Fc1c[c-]cc(F)c1F. The van der Waals surface area contributed by atoms with Gasteiger partial charge in [0.25, 0.3) is 0 Å². The fourth-order valence-corrected chi connectivity index (χ4v) is 7.23. The van der Waals surface area contributed by atoms with Crippen LogP contribution in [0.4, 0.5) is 58.4 Å². The molecule has 0 saturated heterocycles. The van der Waals surface area contributed by atoms with E-state index in [1.165, 1.54) is 57.8 Å². The van der Waals surface area contributed by atoms with Gasteiger partial charge in [0.05, 0.1) is 18.9 Å². The molecule has 0 aliphatic carbocycles. The van der Waals surface area contributed by atoms with Gasteiger partial charge in [-0.25, -0.2) is 39.5 Å². The van der Waals surface area contributed by atoms with Crippen molar-refractivity contribution in [1.29, 1.82) is 0 Å². The zero-order valence-corrected chi connectivity index (χ0v) is 37.6. The second-order valence-corrected chi connectivity index (χ2v) is 16.2. The van der Waals surface area contributed by atoms with Crippen molar-refractivity contribution < 1.29 is 71.5 Å². The summed E-state index contributed by atoms with van der Waals surface area (Å²) in [6.07, 6.45) is 22.1. The Bertz CT molecular complexity index is 1920. The van der Waals surface area contributed by atoms with E-state index in [-0.39, 0.29) is 0 Å². The topological polar surface area (TPSA) is 32.1 Å². The molecule has 0 aromatic heterocycles. The Morgan fingerprint density at radius 2 is 0.697 bits per heavy atom. The quantitative estimate of drug-likeness (QED) is 0.0186. The van der Waals surface area contributed by atoms with Gasteiger partial charge in [-0.15, -0.1) is 12.1 Å². The third kappa shape index (κ3) is 19.4. The van der Waals surface area contributed by atoms with Crippen LogP contribution in [0.2, 0.25) is 0 Å². The molecule has 66 heavy (non-hydrogen) atoms. The van der Waals surface area contributed by atoms with E-state index in [9.17, 15) is 48.3 Å². The molecule has 1 atom stereocenters. The maximum Gasteiger partial charge on any atom is 0.864 e. The van der Waals surface area contributed by atoms with Gasteiger partial charge in [0.1, 0.15) is 11.5 Å². The molecule has 0 spiro atoms. The van der Waals surface area contributed by atoms with Crippen LogP contribution in [-0.4, -0.2) is 20.4 Å². The van der Waals surface area contributed by atoms with Crippen LogP contribution >= 0.6 is 0 Å². The van der Waals surface area contributed by atoms with E-state index in [0.717, 1.165) is 76.3 Å². The zero-order valence-electron chi connectivity index (χ0n) is 37.6. The molecule has 0 heterocycles. The van der Waals surface area contributed by atoms with Crippen LogP contribution in [0.3, 0.4) is 0 Å². The molecule has 366 valence electrons. The third-order valence-corrected chi connectivity index (χ3v) is 10.8. The van der Waals surface area contributed by atoms with Crippen molar-refractivity contribution in [2.24, 2.45) is 0 Å². The molecule has 0 aliphatic heterocycles. The fourth-order valence-electron chi connectivity index (χ4n) is 7.23. The molecule has 0 bridgehead atoms. The lowest BCUT2D eigenvalue weighted by molar-refractivity contribution is -0.834. The summed E-state index contributed by atoms with van der Waals surface area (Å²) in [4.78, 5) is 0.424. The Kier molecular flexibility index (Phi) is 25.9. The van der Waals surface area contributed by atoms with Gasteiger partial charge < -0.3 is 14.0 Å². The minimum absolute atomic E-state index is 0.307. The number of nitrogens with one attached hydrogen (secondary N) is 1. The molecule has 17 heteroatoms. The highest BCUT2D eigenvalue weighted by Crippen LogP contribution is 2.31. The van der Waals surface area contributed by atoms with E-state index < -0.39 is 100 Å². The first kappa shape index (κ1) is 55.8. The van der Waals surface area contributed by atoms with Gasteiger partial charge >= 0.3 is 7.32 Å². The maximum atomic E-state index is 15.9. The van der Waals surface area contributed by atoms with Crippen molar-refractivity contribution >= 4 is 13.0 Å². The highest BCUT2D eigenvalue weighted by Gasteiger charge is 2.37. The third-order valence-electron chi connectivity index (χ3n) is 10.8. The second kappa shape index (κ2) is 30.7. The van der Waals surface area contributed by atoms with Crippen molar-refractivity contribution in [2.45, 2.75) is 149 Å². The van der Waals surface area contributed by atoms with Crippen molar-refractivity contribution in [1.82, 2.24) is 0 Å². The molecule has 0 aliphatic rings. The number of halogens is 12. The van der Waals surface area contributed by atoms with Gasteiger partial charge in [0.15, 0.2) is 46.5 Å². The highest BCUT2D eigenvalue weighted by atomic mass is 19.2. The van der Waals surface area contributed by atoms with Gasteiger partial charge in [0, 0.05) is 42.0 Å². The number of quaternary nitrogens is 1. The van der Waals surface area contributed by atoms with Crippen LogP contribution in [0.1, 0.15) is 149 Å². The van der Waals surface area contributed by atoms with Crippen molar-refractivity contribution in [3.8, 4) is 17.2 Å². The first-order valence-electron chi connectivity index (χ1n) is 23.0. The highest BCUT2D eigenvalue weighted by molar-refractivity contribution is 6.39. The lowest BCUT2D eigenvalue weighted by Gasteiger charge is -2.24. The average Bonchev–Trinajstić information content (AvgIpc) is 3.28. The summed E-state index contributed by atoms with van der Waals surface area (Å²) < 4.78 is 182. The molecule has 4 nitrogen and oxygen atoms in total. The second-order valence-electron chi connectivity index (χ2n) is 16.2. The van der Waals surface area contributed by atoms with Crippen LogP contribution in [0.25, 0.3) is 0 Å². The molecule has 1 unspecified atom stereocenters. The molecule has 4 aromatic carbocycles. The summed E-state index contributed by atoms with van der Waals surface area (Å²) in [6, 6.07) is 5.73. The van der Waals surface area contributed by atoms with Crippen molar-refractivity contribution in [3.05, 3.63) is 118 Å². The Hall–Kier alpha value is -4.54. The van der Waals surface area contributed by atoms with E-state index in [0.29, 0.717) is 61.2 Å². The number of hydrogen-bond donors (Lipinski definition) is 1. The first-order chi connectivity index (χ1) is 31.7. The van der Waals surface area contributed by atoms with Crippen molar-refractivity contribution in [2.75, 3.05) is 13.1 Å². The van der Waals surface area contributed by atoms with E-state index in [4.69, 9.17) is 14.0 Å². The van der Waals surface area contributed by atoms with Gasteiger partial charge in [-0.3, -0.25) is 13.7 Å². The Morgan fingerprint density at radius 3 is 1.05 bits per heavy atom. The molecular formula is C49H60BF12NO3. The Balaban J connectivity index is 0.00000114. The monoisotopic (exact) mass is 949 g/mol. The Morgan fingerprint density at radius 1 is 0.379 bits per heavy atom. The molecular weight excluding hydrogens is 889 g/mol. The van der Waals surface area contributed by atoms with Crippen LogP contribution in [0.5, 0.6) is 17.2 Å². The van der Waals surface area contributed by atoms with E-state index in [2.05, 4.69) is 19.9 Å². The number of unbranched alkanes of at least 4 members (excludes halogenated alkanes) is 19. The first-order valence-corrected chi connectivity index (χ1v) is 23.0. The minimum Gasteiger partial charge on any atom is -0.489 e. The molecule has 0 amide bonds. The molecule has 4 aromatic rings. The lowest BCUT2D eigenvalue weighted by atomic mass is 10.1. The van der Waals surface area contributed by atoms with Crippen molar-refractivity contribution in [3.63, 3.8) is 0 Å². The molecule has 4 rings (SSSR count). The molecule has 0 radical (unpaired) electrons. The smallest absolute Gasteiger partial charge is 0.489 e. The van der Waals surface area contributed by atoms with Crippen LogP contribution in [-0.2, 0) is 0 Å².